The Kier molecular flexibility index (Phi) is 7.07. The van der Waals surface area contributed by atoms with Crippen molar-refractivity contribution in [2.75, 3.05) is 13.2 Å². The average Bonchev–Trinajstić information content (AvgIpc) is 2.47. The Balaban J connectivity index is 3.00. The molecule has 0 saturated carbocycles. The number of hydrogen-bond acceptors (Lipinski definition) is 5. The van der Waals surface area contributed by atoms with Crippen LogP contribution < -0.4 is 0 Å². The quantitative estimate of drug-likeness (QED) is 0.530. The van der Waals surface area contributed by atoms with Crippen LogP contribution >= 0.6 is 0 Å². The second-order valence-electron chi connectivity index (χ2n) is 6.44. The van der Waals surface area contributed by atoms with Crippen LogP contribution in [-0.2, 0) is 19.1 Å². The van der Waals surface area contributed by atoms with Crippen molar-refractivity contribution in [1.29, 1.82) is 5.26 Å². The third kappa shape index (κ3) is 4.84. The smallest absolute Gasteiger partial charge is 0.326 e. The molecule has 1 saturated heterocycles. The van der Waals surface area contributed by atoms with Crippen LogP contribution in [0.1, 0.15) is 39.5 Å². The Morgan fingerprint density at radius 1 is 1.14 bits per heavy atom. The van der Waals surface area contributed by atoms with Crippen molar-refractivity contribution >= 4 is 20.0 Å². The molecule has 1 aliphatic rings. The normalized spacial score (nSPS) is 19.5. The lowest BCUT2D eigenvalue weighted by molar-refractivity contribution is -0.157. The third-order valence-electron chi connectivity index (χ3n) is 4.42. The molecule has 0 aromatic heterocycles. The minimum absolute atomic E-state index is 0.196. The van der Waals surface area contributed by atoms with Crippen molar-refractivity contribution in [3.05, 3.63) is 0 Å². The zero-order valence-corrected chi connectivity index (χ0v) is 14.9. The first-order chi connectivity index (χ1) is 10.4. The fourth-order valence-electron chi connectivity index (χ4n) is 3.37. The number of carbonyl (C=O) groups excluding carboxylic acids is 2. The van der Waals surface area contributed by atoms with Crippen LogP contribution in [0.2, 0.25) is 24.7 Å². The first-order valence-electron chi connectivity index (χ1n) is 8.15. The van der Waals surface area contributed by atoms with Gasteiger partial charge in [0.25, 0.3) is 0 Å². The molecule has 0 aromatic carbocycles. The zero-order chi connectivity index (χ0) is 16.6. The van der Waals surface area contributed by atoms with E-state index in [0.717, 1.165) is 24.9 Å². The maximum atomic E-state index is 12.4. The summed E-state index contributed by atoms with van der Waals surface area (Å²) in [5, 5.41) is 9.70. The third-order valence-corrected chi connectivity index (χ3v) is 9.00. The number of ether oxygens (including phenoxy) is 2. The molecule has 1 atom stereocenters. The molecular weight excluding hydrogens is 298 g/mol. The van der Waals surface area contributed by atoms with Crippen LogP contribution in [0.5, 0.6) is 0 Å². The molecule has 0 N–H and O–H groups in total. The minimum atomic E-state index is -1.71. The predicted molar refractivity (Wildman–Crippen MR) is 85.8 cm³/mol. The molecule has 0 amide bonds. The minimum Gasteiger partial charge on any atom is -0.466 e. The van der Waals surface area contributed by atoms with Gasteiger partial charge in [0.15, 0.2) is 5.41 Å². The van der Waals surface area contributed by atoms with E-state index in [2.05, 4.69) is 12.6 Å². The van der Waals surface area contributed by atoms with Crippen molar-refractivity contribution < 1.29 is 19.1 Å². The molecule has 1 aliphatic heterocycles. The standard InChI is InChI=1S/C16H27NO4Si/c1-4-20-14(18)11-16(12-17,15(19)21-5-2)13-22(3)9-7-6-8-10-22/h4-11,13H2,1-3H3. The van der Waals surface area contributed by atoms with Gasteiger partial charge < -0.3 is 9.47 Å². The molecule has 0 aliphatic carbocycles. The van der Waals surface area contributed by atoms with Gasteiger partial charge in [-0.05, 0) is 19.9 Å². The van der Waals surface area contributed by atoms with Crippen LogP contribution in [0.15, 0.2) is 0 Å². The van der Waals surface area contributed by atoms with Gasteiger partial charge in [0.2, 0.25) is 0 Å². The SMILES string of the molecule is CCOC(=O)CC(C#N)(C[Si]1(C)CCCCC1)C(=O)OCC. The average molecular weight is 325 g/mol. The van der Waals surface area contributed by atoms with Crippen LogP contribution in [0.25, 0.3) is 0 Å². The second-order valence-corrected chi connectivity index (χ2v) is 11.4. The summed E-state index contributed by atoms with van der Waals surface area (Å²) in [6.45, 7) is 6.13. The summed E-state index contributed by atoms with van der Waals surface area (Å²) < 4.78 is 10.1. The van der Waals surface area contributed by atoms with Gasteiger partial charge in [-0.15, -0.1) is 0 Å². The van der Waals surface area contributed by atoms with Crippen LogP contribution in [0, 0.1) is 16.7 Å². The van der Waals surface area contributed by atoms with Crippen LogP contribution in [0.4, 0.5) is 0 Å². The van der Waals surface area contributed by atoms with Crippen molar-refractivity contribution in [3.63, 3.8) is 0 Å². The fourth-order valence-corrected chi connectivity index (χ4v) is 7.99. The summed E-state index contributed by atoms with van der Waals surface area (Å²) in [6.07, 6.45) is 3.34. The van der Waals surface area contributed by atoms with E-state index in [-0.39, 0.29) is 19.6 Å². The Hall–Kier alpha value is -1.35. The highest BCUT2D eigenvalue weighted by atomic mass is 28.3. The number of hydrogen-bond donors (Lipinski definition) is 0. The summed E-state index contributed by atoms with van der Waals surface area (Å²) in [6, 6.07) is 4.84. The van der Waals surface area contributed by atoms with E-state index in [1.807, 2.05) is 0 Å². The molecule has 5 nitrogen and oxygen atoms in total. The van der Waals surface area contributed by atoms with E-state index in [1.165, 1.54) is 6.42 Å². The Morgan fingerprint density at radius 3 is 2.23 bits per heavy atom. The van der Waals surface area contributed by atoms with E-state index in [0.29, 0.717) is 6.04 Å². The highest BCUT2D eigenvalue weighted by molar-refractivity contribution is 6.79. The van der Waals surface area contributed by atoms with Gasteiger partial charge in [0.1, 0.15) is 0 Å². The van der Waals surface area contributed by atoms with Crippen molar-refractivity contribution in [1.82, 2.24) is 0 Å². The van der Waals surface area contributed by atoms with Gasteiger partial charge in [-0.25, -0.2) is 0 Å². The van der Waals surface area contributed by atoms with Gasteiger partial charge >= 0.3 is 11.9 Å². The maximum absolute atomic E-state index is 12.4. The molecule has 0 aromatic rings. The summed E-state index contributed by atoms with van der Waals surface area (Å²) in [5.74, 6) is -1.06. The molecule has 22 heavy (non-hydrogen) atoms. The highest BCUT2D eigenvalue weighted by Gasteiger charge is 2.49. The molecule has 6 heteroatoms. The van der Waals surface area contributed by atoms with Crippen molar-refractivity contribution in [3.8, 4) is 6.07 Å². The van der Waals surface area contributed by atoms with Gasteiger partial charge in [-0.2, -0.15) is 5.26 Å². The lowest BCUT2D eigenvalue weighted by Crippen LogP contribution is -2.44. The Bertz CT molecular complexity index is 440. The molecule has 124 valence electrons. The summed E-state index contributed by atoms with van der Waals surface area (Å²) in [7, 11) is -1.71. The largest absolute Gasteiger partial charge is 0.466 e. The second kappa shape index (κ2) is 8.32. The Labute approximate surface area is 134 Å². The van der Waals surface area contributed by atoms with Gasteiger partial charge in [-0.1, -0.05) is 37.9 Å². The number of carbonyl (C=O) groups is 2. The lowest BCUT2D eigenvalue weighted by atomic mass is 9.88. The zero-order valence-electron chi connectivity index (χ0n) is 13.9. The van der Waals surface area contributed by atoms with E-state index >= 15 is 0 Å². The van der Waals surface area contributed by atoms with E-state index in [1.54, 1.807) is 13.8 Å². The van der Waals surface area contributed by atoms with Crippen LogP contribution in [-0.4, -0.2) is 33.2 Å². The van der Waals surface area contributed by atoms with E-state index in [9.17, 15) is 14.9 Å². The summed E-state index contributed by atoms with van der Waals surface area (Å²) in [5.41, 5.74) is -1.37. The molecular formula is C16H27NO4Si. The summed E-state index contributed by atoms with van der Waals surface area (Å²) >= 11 is 0. The fraction of sp³-hybridized carbons (Fsp3) is 0.812. The van der Waals surface area contributed by atoms with Crippen LogP contribution in [0.3, 0.4) is 0 Å². The van der Waals surface area contributed by atoms with Crippen molar-refractivity contribution in [2.24, 2.45) is 5.41 Å². The van der Waals surface area contributed by atoms with Gasteiger partial charge in [0.05, 0.1) is 33.8 Å². The maximum Gasteiger partial charge on any atom is 0.326 e. The molecule has 0 spiro atoms. The molecule has 0 bridgehead atoms. The first-order valence-corrected chi connectivity index (χ1v) is 11.3. The van der Waals surface area contributed by atoms with E-state index < -0.39 is 25.4 Å². The molecule has 1 rings (SSSR count). The first kappa shape index (κ1) is 18.7. The van der Waals surface area contributed by atoms with Gasteiger partial charge in [-0.3, -0.25) is 9.59 Å². The molecule has 1 fully saturated rings. The molecule has 1 heterocycles. The number of nitriles is 1. The molecule has 0 radical (unpaired) electrons. The number of rotatable bonds is 7. The highest BCUT2D eigenvalue weighted by Crippen LogP contribution is 2.41. The topological polar surface area (TPSA) is 76.4 Å². The lowest BCUT2D eigenvalue weighted by Gasteiger charge is -2.37. The van der Waals surface area contributed by atoms with E-state index in [4.69, 9.17) is 9.47 Å². The van der Waals surface area contributed by atoms with Crippen molar-refractivity contribution in [2.45, 2.75) is 64.2 Å². The monoisotopic (exact) mass is 325 g/mol. The Morgan fingerprint density at radius 2 is 1.73 bits per heavy atom. The number of nitrogens with zero attached hydrogens (tertiary/aromatic N) is 1. The van der Waals surface area contributed by atoms with Gasteiger partial charge in [0, 0.05) is 0 Å². The number of esters is 2. The summed E-state index contributed by atoms with van der Waals surface area (Å²) in [4.78, 5) is 24.3. The molecule has 1 unspecified atom stereocenters. The predicted octanol–water partition coefficient (Wildman–Crippen LogP) is 3.28.